The van der Waals surface area contributed by atoms with Crippen molar-refractivity contribution in [3.8, 4) is 0 Å². The molecule has 230 valence electrons. The zero-order valence-corrected chi connectivity index (χ0v) is 27.6. The van der Waals surface area contributed by atoms with Crippen LogP contribution in [0.2, 0.25) is 0 Å². The van der Waals surface area contributed by atoms with Gasteiger partial charge in [-0.15, -0.1) is 0 Å². The molecule has 0 aromatic carbocycles. The number of rotatable bonds is 21. The molecule has 8 heteroatoms. The van der Waals surface area contributed by atoms with Crippen LogP contribution in [0, 0.1) is 5.92 Å². The highest BCUT2D eigenvalue weighted by molar-refractivity contribution is 6.11. The third-order valence-corrected chi connectivity index (χ3v) is 7.52. The Balaban J connectivity index is 0.00000800. The van der Waals surface area contributed by atoms with E-state index in [1.807, 2.05) is 23.8 Å². The number of carbonyl (C=O) groups excluding carboxylic acids is 2. The molecule has 1 aliphatic heterocycles. The van der Waals surface area contributed by atoms with Crippen LogP contribution in [0.5, 0.6) is 0 Å². The second-order valence-electron chi connectivity index (χ2n) is 11.1. The SMILES string of the molecule is CCCCCCCCCCCCCCCCOCC1COC(COC(=O)N(C(C)=O)c2ccc[n+](CC)c2)C1.[I-]. The summed E-state index contributed by atoms with van der Waals surface area (Å²) in [5.41, 5.74) is 0.499. The number of hydrogen-bond donors (Lipinski definition) is 0. The van der Waals surface area contributed by atoms with Crippen LogP contribution in [-0.2, 0) is 25.5 Å². The monoisotopic (exact) mass is 674 g/mol. The molecule has 0 radical (unpaired) electrons. The van der Waals surface area contributed by atoms with Gasteiger partial charge in [-0.3, -0.25) is 4.79 Å². The quantitative estimate of drug-likeness (QED) is 0.110. The molecule has 0 N–H and O–H groups in total. The van der Waals surface area contributed by atoms with Gasteiger partial charge in [0.15, 0.2) is 12.4 Å². The van der Waals surface area contributed by atoms with E-state index in [1.165, 1.54) is 90.4 Å². The number of unbranched alkanes of at least 4 members (excludes halogenated alkanes) is 13. The molecule has 40 heavy (non-hydrogen) atoms. The van der Waals surface area contributed by atoms with E-state index in [0.717, 1.165) is 30.9 Å². The highest BCUT2D eigenvalue weighted by atomic mass is 127. The fourth-order valence-electron chi connectivity index (χ4n) is 5.14. The molecule has 1 aromatic heterocycles. The molecule has 7 nitrogen and oxygen atoms in total. The largest absolute Gasteiger partial charge is 1.00 e. The van der Waals surface area contributed by atoms with E-state index in [2.05, 4.69) is 6.92 Å². The van der Waals surface area contributed by atoms with Crippen molar-refractivity contribution in [2.45, 2.75) is 130 Å². The molecular weight excluding hydrogens is 619 g/mol. The molecule has 0 saturated carbocycles. The molecule has 0 bridgehead atoms. The molecular formula is C32H55IN2O5. The Hall–Kier alpha value is -1.26. The first-order valence-electron chi connectivity index (χ1n) is 15.7. The number of pyridine rings is 1. The van der Waals surface area contributed by atoms with Gasteiger partial charge in [-0.25, -0.2) is 14.3 Å². The molecule has 1 aliphatic rings. The van der Waals surface area contributed by atoms with Crippen molar-refractivity contribution in [3.63, 3.8) is 0 Å². The van der Waals surface area contributed by atoms with Crippen molar-refractivity contribution in [2.24, 2.45) is 5.92 Å². The van der Waals surface area contributed by atoms with Crippen molar-refractivity contribution in [1.82, 2.24) is 0 Å². The summed E-state index contributed by atoms with van der Waals surface area (Å²) in [5, 5.41) is 0. The Kier molecular flexibility index (Phi) is 21.4. The van der Waals surface area contributed by atoms with Gasteiger partial charge in [0.25, 0.3) is 0 Å². The van der Waals surface area contributed by atoms with Crippen LogP contribution in [0.15, 0.2) is 24.5 Å². The lowest BCUT2D eigenvalue weighted by Gasteiger charge is -2.19. The van der Waals surface area contributed by atoms with E-state index >= 15 is 0 Å². The van der Waals surface area contributed by atoms with Gasteiger partial charge >= 0.3 is 6.09 Å². The zero-order valence-electron chi connectivity index (χ0n) is 25.4. The molecule has 2 atom stereocenters. The normalized spacial score (nSPS) is 16.5. The molecule has 0 aliphatic carbocycles. The number of nitrogens with zero attached hydrogens (tertiary/aromatic N) is 2. The van der Waals surface area contributed by atoms with Gasteiger partial charge in [-0.05, 0) is 25.8 Å². The van der Waals surface area contributed by atoms with Crippen molar-refractivity contribution in [1.29, 1.82) is 0 Å². The first kappa shape index (κ1) is 36.8. The summed E-state index contributed by atoms with van der Waals surface area (Å²) in [7, 11) is 0. The van der Waals surface area contributed by atoms with Crippen LogP contribution in [0.3, 0.4) is 0 Å². The summed E-state index contributed by atoms with van der Waals surface area (Å²) >= 11 is 0. The smallest absolute Gasteiger partial charge is 0.421 e. The summed E-state index contributed by atoms with van der Waals surface area (Å²) in [6.07, 6.45) is 22.6. The summed E-state index contributed by atoms with van der Waals surface area (Å²) in [6, 6.07) is 3.54. The number of halogens is 1. The fourth-order valence-corrected chi connectivity index (χ4v) is 5.14. The number of anilines is 1. The maximum absolute atomic E-state index is 12.7. The molecule has 2 amide bonds. The average Bonchev–Trinajstić information content (AvgIpc) is 3.39. The van der Waals surface area contributed by atoms with Gasteiger partial charge in [0.05, 0.1) is 19.3 Å². The Morgan fingerprint density at radius 1 is 0.925 bits per heavy atom. The van der Waals surface area contributed by atoms with Crippen molar-refractivity contribution in [2.75, 3.05) is 31.3 Å². The van der Waals surface area contributed by atoms with E-state index in [-0.39, 0.29) is 42.6 Å². The van der Waals surface area contributed by atoms with Crippen molar-refractivity contribution in [3.05, 3.63) is 24.5 Å². The molecule has 1 fully saturated rings. The van der Waals surface area contributed by atoms with Crippen molar-refractivity contribution >= 4 is 17.7 Å². The minimum Gasteiger partial charge on any atom is -1.00 e. The predicted octanol–water partition coefficient (Wildman–Crippen LogP) is 4.39. The first-order chi connectivity index (χ1) is 19.0. The van der Waals surface area contributed by atoms with Crippen LogP contribution >= 0.6 is 0 Å². The lowest BCUT2D eigenvalue weighted by atomic mass is 10.0. The first-order valence-corrected chi connectivity index (χ1v) is 15.7. The standard InChI is InChI=1S/C32H55N2O5.HI/c1-4-6-7-8-9-10-11-12-13-14-15-16-17-18-22-37-25-29-23-31(38-26-29)27-39-32(36)34(28(3)35)30-20-19-21-33(5-2)24-30;/h19-21,24,29,31H,4-18,22-23,25-27H2,1-3H3;1H/q+1;/p-1. The Labute approximate surface area is 260 Å². The van der Waals surface area contributed by atoms with E-state index in [1.54, 1.807) is 12.3 Å². The zero-order chi connectivity index (χ0) is 28.1. The van der Waals surface area contributed by atoms with E-state index in [0.29, 0.717) is 24.8 Å². The van der Waals surface area contributed by atoms with Crippen LogP contribution in [0.1, 0.15) is 117 Å². The number of carbonyl (C=O) groups is 2. The minimum atomic E-state index is -0.669. The fraction of sp³-hybridized carbons (Fsp3) is 0.781. The second-order valence-corrected chi connectivity index (χ2v) is 11.1. The van der Waals surface area contributed by atoms with Gasteiger partial charge in [-0.2, -0.15) is 0 Å². The topological polar surface area (TPSA) is 69.0 Å². The maximum Gasteiger partial charge on any atom is 0.421 e. The van der Waals surface area contributed by atoms with Crippen LogP contribution in [0.4, 0.5) is 10.5 Å². The number of hydrogen-bond acceptors (Lipinski definition) is 5. The average molecular weight is 675 g/mol. The van der Waals surface area contributed by atoms with Crippen LogP contribution in [0.25, 0.3) is 0 Å². The van der Waals surface area contributed by atoms with E-state index in [4.69, 9.17) is 14.2 Å². The number of ether oxygens (including phenoxy) is 3. The minimum absolute atomic E-state index is 0. The van der Waals surface area contributed by atoms with Gasteiger partial charge in [-0.1, -0.05) is 90.4 Å². The molecule has 2 unspecified atom stereocenters. The Bertz CT molecular complexity index is 809. The summed E-state index contributed by atoms with van der Waals surface area (Å²) in [5.74, 6) is -0.0575. The highest BCUT2D eigenvalue weighted by Gasteiger charge is 2.29. The number of amides is 2. The van der Waals surface area contributed by atoms with Crippen molar-refractivity contribution < 1.29 is 52.3 Å². The number of imide groups is 1. The van der Waals surface area contributed by atoms with Gasteiger partial charge < -0.3 is 38.2 Å². The summed E-state index contributed by atoms with van der Waals surface area (Å²) in [4.78, 5) is 25.9. The Morgan fingerprint density at radius 3 is 2.10 bits per heavy atom. The Morgan fingerprint density at radius 2 is 1.52 bits per heavy atom. The molecule has 0 spiro atoms. The predicted molar refractivity (Wildman–Crippen MR) is 156 cm³/mol. The van der Waals surface area contributed by atoms with E-state index in [9.17, 15) is 9.59 Å². The van der Waals surface area contributed by atoms with Gasteiger partial charge in [0.2, 0.25) is 5.91 Å². The highest BCUT2D eigenvalue weighted by Crippen LogP contribution is 2.21. The second kappa shape index (κ2) is 23.3. The molecule has 1 saturated heterocycles. The maximum atomic E-state index is 12.7. The van der Waals surface area contributed by atoms with Gasteiger partial charge in [0.1, 0.15) is 18.8 Å². The molecule has 2 rings (SSSR count). The van der Waals surface area contributed by atoms with Crippen LogP contribution < -0.4 is 33.4 Å². The third kappa shape index (κ3) is 15.7. The third-order valence-electron chi connectivity index (χ3n) is 7.52. The number of aromatic nitrogens is 1. The van der Waals surface area contributed by atoms with E-state index < -0.39 is 6.09 Å². The lowest BCUT2D eigenvalue weighted by molar-refractivity contribution is -0.693. The summed E-state index contributed by atoms with van der Waals surface area (Å²) < 4.78 is 19.1. The number of aryl methyl sites for hydroxylation is 1. The van der Waals surface area contributed by atoms with Gasteiger partial charge in [0, 0.05) is 25.5 Å². The summed E-state index contributed by atoms with van der Waals surface area (Å²) in [6.45, 7) is 8.62. The molecule has 2 heterocycles. The molecule has 1 aromatic rings. The van der Waals surface area contributed by atoms with Crippen LogP contribution in [-0.4, -0.2) is 44.5 Å². The lowest BCUT2D eigenvalue weighted by Crippen LogP contribution is -3.00.